The first-order valence-electron chi connectivity index (χ1n) is 12.2. The summed E-state index contributed by atoms with van der Waals surface area (Å²) < 4.78 is 5.19. The van der Waals surface area contributed by atoms with E-state index in [4.69, 9.17) is 27.9 Å². The van der Waals surface area contributed by atoms with E-state index < -0.39 is 23.5 Å². The number of Topliss-reactive ketones (excluding diaryl/α,β-unsaturated/α-hetero) is 1. The molecule has 1 unspecified atom stereocenters. The fourth-order valence-electron chi connectivity index (χ4n) is 4.54. The second kappa shape index (κ2) is 10.8. The SMILES string of the molecule is COc1c(Cl)cc(/C(O)=C2\C(=O)C(=O)N(c3ccc(NC(C)=O)cc3)C2c2ccc(C(C)(C)C)cc2)cc1Cl. The Hall–Kier alpha value is -3.81. The number of methoxy groups -OCH3 is 1. The molecule has 0 aliphatic carbocycles. The number of carbonyl (C=O) groups is 3. The van der Waals surface area contributed by atoms with Crippen molar-refractivity contribution in [3.63, 3.8) is 0 Å². The predicted octanol–water partition coefficient (Wildman–Crippen LogP) is 6.88. The van der Waals surface area contributed by atoms with Crippen LogP contribution in [-0.4, -0.2) is 29.8 Å². The summed E-state index contributed by atoms with van der Waals surface area (Å²) in [6.45, 7) is 7.65. The van der Waals surface area contributed by atoms with Crippen LogP contribution in [0.4, 0.5) is 11.4 Å². The van der Waals surface area contributed by atoms with E-state index in [2.05, 4.69) is 26.1 Å². The predicted molar refractivity (Wildman–Crippen MR) is 154 cm³/mol. The summed E-state index contributed by atoms with van der Waals surface area (Å²) in [6.07, 6.45) is 0. The lowest BCUT2D eigenvalue weighted by atomic mass is 9.85. The molecule has 3 aromatic carbocycles. The van der Waals surface area contributed by atoms with Crippen LogP contribution in [0, 0.1) is 0 Å². The Balaban J connectivity index is 1.91. The van der Waals surface area contributed by atoms with Crippen molar-refractivity contribution in [3.05, 3.63) is 93.0 Å². The number of ketones is 1. The Morgan fingerprint density at radius 1 is 0.974 bits per heavy atom. The van der Waals surface area contributed by atoms with E-state index in [1.165, 1.54) is 31.1 Å². The van der Waals surface area contributed by atoms with Crippen LogP contribution in [0.25, 0.3) is 5.76 Å². The van der Waals surface area contributed by atoms with Crippen LogP contribution >= 0.6 is 23.2 Å². The number of halogens is 2. The van der Waals surface area contributed by atoms with Crippen molar-refractivity contribution in [2.24, 2.45) is 0 Å². The van der Waals surface area contributed by atoms with Crippen molar-refractivity contribution in [2.75, 3.05) is 17.3 Å². The molecule has 0 saturated carbocycles. The van der Waals surface area contributed by atoms with E-state index in [1.807, 2.05) is 24.3 Å². The average Bonchev–Trinajstić information content (AvgIpc) is 3.13. The maximum Gasteiger partial charge on any atom is 0.300 e. The highest BCUT2D eigenvalue weighted by Crippen LogP contribution is 2.44. The van der Waals surface area contributed by atoms with Gasteiger partial charge in [-0.15, -0.1) is 0 Å². The third kappa shape index (κ3) is 5.51. The van der Waals surface area contributed by atoms with Crippen LogP contribution in [-0.2, 0) is 19.8 Å². The van der Waals surface area contributed by atoms with Crippen LogP contribution in [0.3, 0.4) is 0 Å². The third-order valence-corrected chi connectivity index (χ3v) is 7.04. The van der Waals surface area contributed by atoms with Gasteiger partial charge in [0.2, 0.25) is 5.91 Å². The number of carbonyl (C=O) groups excluding carboxylic acids is 3. The van der Waals surface area contributed by atoms with E-state index >= 15 is 0 Å². The molecule has 0 aromatic heterocycles. The van der Waals surface area contributed by atoms with Crippen LogP contribution < -0.4 is 15.0 Å². The molecule has 1 heterocycles. The van der Waals surface area contributed by atoms with Gasteiger partial charge in [-0.05, 0) is 52.9 Å². The van der Waals surface area contributed by atoms with Gasteiger partial charge in [-0.1, -0.05) is 68.2 Å². The molecular weight excluding hydrogens is 539 g/mol. The van der Waals surface area contributed by atoms with E-state index in [0.29, 0.717) is 16.9 Å². The molecule has 2 amide bonds. The van der Waals surface area contributed by atoms with Crippen molar-refractivity contribution in [1.82, 2.24) is 0 Å². The number of ether oxygens (including phenoxy) is 1. The average molecular weight is 567 g/mol. The summed E-state index contributed by atoms with van der Waals surface area (Å²) in [5.74, 6) is -2.09. The van der Waals surface area contributed by atoms with Gasteiger partial charge in [0, 0.05) is 23.9 Å². The number of anilines is 2. The van der Waals surface area contributed by atoms with Crippen molar-refractivity contribution in [1.29, 1.82) is 0 Å². The van der Waals surface area contributed by atoms with Gasteiger partial charge >= 0.3 is 0 Å². The molecule has 2 N–H and O–H groups in total. The third-order valence-electron chi connectivity index (χ3n) is 6.48. The molecule has 39 heavy (non-hydrogen) atoms. The standard InChI is InChI=1S/C30H28Cl2N2O5/c1-16(35)33-20-10-12-21(13-11-20)34-25(17-6-8-19(9-7-17)30(2,3)4)24(27(37)29(34)38)26(36)18-14-22(31)28(39-5)23(32)15-18/h6-15,25,36H,1-5H3,(H,33,35)/b26-24+. The number of amides is 2. The lowest BCUT2D eigenvalue weighted by molar-refractivity contribution is -0.132. The molecule has 1 aliphatic heterocycles. The van der Waals surface area contributed by atoms with E-state index in [9.17, 15) is 19.5 Å². The number of hydrogen-bond acceptors (Lipinski definition) is 5. The molecule has 1 fully saturated rings. The molecule has 0 radical (unpaired) electrons. The zero-order chi connectivity index (χ0) is 28.6. The van der Waals surface area contributed by atoms with Crippen LogP contribution in [0.1, 0.15) is 50.4 Å². The zero-order valence-corrected chi connectivity index (χ0v) is 23.6. The number of hydrogen-bond donors (Lipinski definition) is 2. The van der Waals surface area contributed by atoms with Crippen molar-refractivity contribution < 1.29 is 24.2 Å². The Morgan fingerprint density at radius 3 is 2.03 bits per heavy atom. The highest BCUT2D eigenvalue weighted by Gasteiger charge is 2.47. The quantitative estimate of drug-likeness (QED) is 0.199. The first kappa shape index (κ1) is 28.2. The molecule has 3 aromatic rings. The molecule has 1 saturated heterocycles. The van der Waals surface area contributed by atoms with Gasteiger partial charge < -0.3 is 15.2 Å². The minimum absolute atomic E-state index is 0.105. The van der Waals surface area contributed by atoms with Crippen molar-refractivity contribution in [3.8, 4) is 5.75 Å². The molecule has 0 spiro atoms. The number of aliphatic hydroxyl groups excluding tert-OH is 1. The number of benzene rings is 3. The van der Waals surface area contributed by atoms with E-state index in [-0.39, 0.29) is 38.3 Å². The Morgan fingerprint density at radius 2 is 1.54 bits per heavy atom. The largest absolute Gasteiger partial charge is 0.507 e. The number of aliphatic hydroxyl groups is 1. The Bertz CT molecular complexity index is 1470. The Kier molecular flexibility index (Phi) is 7.77. The fraction of sp³-hybridized carbons (Fsp3) is 0.233. The van der Waals surface area contributed by atoms with Crippen LogP contribution in [0.2, 0.25) is 10.0 Å². The van der Waals surface area contributed by atoms with Crippen molar-refractivity contribution >= 4 is 57.9 Å². The number of nitrogens with zero attached hydrogens (tertiary/aromatic N) is 1. The van der Waals surface area contributed by atoms with Gasteiger partial charge in [0.25, 0.3) is 11.7 Å². The zero-order valence-electron chi connectivity index (χ0n) is 22.1. The molecule has 4 rings (SSSR count). The maximum atomic E-state index is 13.5. The lowest BCUT2D eigenvalue weighted by Gasteiger charge is -2.27. The molecule has 0 bridgehead atoms. The minimum atomic E-state index is -0.940. The van der Waals surface area contributed by atoms with Gasteiger partial charge in [0.15, 0.2) is 5.75 Å². The van der Waals surface area contributed by atoms with Gasteiger partial charge in [0.05, 0.1) is 28.8 Å². The maximum absolute atomic E-state index is 13.5. The molecule has 9 heteroatoms. The lowest BCUT2D eigenvalue weighted by Crippen LogP contribution is -2.29. The summed E-state index contributed by atoms with van der Waals surface area (Å²) in [5, 5.41) is 14.4. The second-order valence-corrected chi connectivity index (χ2v) is 11.1. The van der Waals surface area contributed by atoms with Gasteiger partial charge in [-0.3, -0.25) is 19.3 Å². The topological polar surface area (TPSA) is 95.9 Å². The summed E-state index contributed by atoms with van der Waals surface area (Å²) in [7, 11) is 1.41. The second-order valence-electron chi connectivity index (χ2n) is 10.2. The fourth-order valence-corrected chi connectivity index (χ4v) is 5.18. The summed E-state index contributed by atoms with van der Waals surface area (Å²) >= 11 is 12.6. The van der Waals surface area contributed by atoms with Crippen LogP contribution in [0.15, 0.2) is 66.2 Å². The van der Waals surface area contributed by atoms with E-state index in [0.717, 1.165) is 5.56 Å². The molecule has 202 valence electrons. The molecule has 1 atom stereocenters. The summed E-state index contributed by atoms with van der Waals surface area (Å²) in [4.78, 5) is 39.7. The van der Waals surface area contributed by atoms with E-state index in [1.54, 1.807) is 24.3 Å². The minimum Gasteiger partial charge on any atom is -0.507 e. The monoisotopic (exact) mass is 566 g/mol. The summed E-state index contributed by atoms with van der Waals surface area (Å²) in [5.41, 5.74) is 2.60. The molecule has 7 nitrogen and oxygen atoms in total. The highest BCUT2D eigenvalue weighted by atomic mass is 35.5. The summed E-state index contributed by atoms with van der Waals surface area (Å²) in [6, 6.07) is 16.0. The Labute approximate surface area is 237 Å². The van der Waals surface area contributed by atoms with Crippen LogP contribution in [0.5, 0.6) is 5.75 Å². The first-order chi connectivity index (χ1) is 18.3. The van der Waals surface area contributed by atoms with Gasteiger partial charge in [-0.25, -0.2) is 0 Å². The van der Waals surface area contributed by atoms with Crippen molar-refractivity contribution in [2.45, 2.75) is 39.2 Å². The molecular formula is C30H28Cl2N2O5. The first-order valence-corrected chi connectivity index (χ1v) is 12.9. The number of nitrogens with one attached hydrogen (secondary N) is 1. The van der Waals surface area contributed by atoms with Gasteiger partial charge in [-0.2, -0.15) is 0 Å². The number of rotatable bonds is 5. The highest BCUT2D eigenvalue weighted by molar-refractivity contribution is 6.51. The molecule has 1 aliphatic rings. The smallest absolute Gasteiger partial charge is 0.300 e. The normalized spacial score (nSPS) is 16.9. The van der Waals surface area contributed by atoms with Gasteiger partial charge in [0.1, 0.15) is 5.76 Å².